The lowest BCUT2D eigenvalue weighted by Crippen LogP contribution is -2.40. The number of aromatic nitrogens is 3. The van der Waals surface area contributed by atoms with Gasteiger partial charge in [0.05, 0.1) is 7.11 Å². The van der Waals surface area contributed by atoms with Gasteiger partial charge in [-0.1, -0.05) is 17.3 Å². The lowest BCUT2D eigenvalue weighted by molar-refractivity contribution is -0.125. The van der Waals surface area contributed by atoms with E-state index in [1.54, 1.807) is 18.9 Å². The third kappa shape index (κ3) is 4.95. The minimum absolute atomic E-state index is 0.0161. The van der Waals surface area contributed by atoms with Crippen molar-refractivity contribution in [2.75, 3.05) is 31.4 Å². The molecule has 1 amide bonds. The molecule has 0 unspecified atom stereocenters. The maximum absolute atomic E-state index is 12.8. The van der Waals surface area contributed by atoms with Crippen molar-refractivity contribution in [1.82, 2.24) is 20.4 Å². The van der Waals surface area contributed by atoms with E-state index in [2.05, 4.69) is 55.9 Å². The molecule has 2 aromatic carbocycles. The molecular formula is C26H27N5O3S. The Labute approximate surface area is 208 Å². The van der Waals surface area contributed by atoms with E-state index in [1.165, 1.54) is 11.2 Å². The number of carbonyl (C=O) groups is 1. The Morgan fingerprint density at radius 3 is 2.54 bits per heavy atom. The topological polar surface area (TPSA) is 93.4 Å². The molecule has 180 valence electrons. The number of hydrogen-bond donors (Lipinski definition) is 1. The Bertz CT molecular complexity index is 1300. The van der Waals surface area contributed by atoms with E-state index >= 15 is 0 Å². The van der Waals surface area contributed by atoms with Crippen LogP contribution in [0.3, 0.4) is 0 Å². The van der Waals surface area contributed by atoms with Gasteiger partial charge in [0.2, 0.25) is 5.91 Å². The molecule has 0 bridgehead atoms. The van der Waals surface area contributed by atoms with Crippen LogP contribution in [0, 0.1) is 5.92 Å². The van der Waals surface area contributed by atoms with Crippen molar-refractivity contribution >= 4 is 34.6 Å². The number of fused-ring (bicyclic) bond motifs is 1. The lowest BCUT2D eigenvalue weighted by Gasteiger charge is -2.32. The van der Waals surface area contributed by atoms with Gasteiger partial charge in [0, 0.05) is 36.0 Å². The van der Waals surface area contributed by atoms with Crippen LogP contribution in [0.15, 0.2) is 64.3 Å². The van der Waals surface area contributed by atoms with Crippen LogP contribution in [0.25, 0.3) is 22.4 Å². The first kappa shape index (κ1) is 23.2. The molecule has 1 fully saturated rings. The number of nitrogens with zero attached hydrogens (tertiary/aromatic N) is 4. The lowest BCUT2D eigenvalue weighted by atomic mass is 9.95. The number of piperidine rings is 1. The zero-order valence-electron chi connectivity index (χ0n) is 19.7. The number of rotatable bonds is 7. The summed E-state index contributed by atoms with van der Waals surface area (Å²) >= 11 is 1.71. The van der Waals surface area contributed by atoms with E-state index in [1.807, 2.05) is 24.3 Å². The van der Waals surface area contributed by atoms with Gasteiger partial charge in [0.1, 0.15) is 29.0 Å². The number of methoxy groups -OCH3 is 1. The van der Waals surface area contributed by atoms with Crippen molar-refractivity contribution in [3.05, 3.63) is 60.4 Å². The molecule has 0 aliphatic carbocycles. The van der Waals surface area contributed by atoms with Gasteiger partial charge in [0.15, 0.2) is 0 Å². The number of amides is 1. The van der Waals surface area contributed by atoms with Gasteiger partial charge in [-0.2, -0.15) is 4.98 Å². The minimum atomic E-state index is -0.0161. The predicted molar refractivity (Wildman–Crippen MR) is 137 cm³/mol. The summed E-state index contributed by atoms with van der Waals surface area (Å²) in [6.07, 6.45) is 5.07. The number of ether oxygens (including phenoxy) is 1. The molecule has 0 atom stereocenters. The van der Waals surface area contributed by atoms with E-state index in [4.69, 9.17) is 9.26 Å². The maximum atomic E-state index is 12.8. The summed E-state index contributed by atoms with van der Waals surface area (Å²) in [5, 5.41) is 8.16. The van der Waals surface area contributed by atoms with Gasteiger partial charge in [-0.05, 0) is 61.1 Å². The molecular weight excluding hydrogens is 462 g/mol. The second-order valence-corrected chi connectivity index (χ2v) is 9.34. The summed E-state index contributed by atoms with van der Waals surface area (Å²) in [5.74, 6) is 1.65. The number of hydrogen-bond acceptors (Lipinski definition) is 8. The highest BCUT2D eigenvalue weighted by atomic mass is 32.2. The van der Waals surface area contributed by atoms with Crippen molar-refractivity contribution in [3.63, 3.8) is 0 Å². The van der Waals surface area contributed by atoms with E-state index < -0.39 is 0 Å². The fourth-order valence-corrected chi connectivity index (χ4v) is 4.80. The molecule has 1 N–H and O–H groups in total. The van der Waals surface area contributed by atoms with Crippen molar-refractivity contribution in [3.8, 4) is 17.0 Å². The van der Waals surface area contributed by atoms with E-state index in [0.29, 0.717) is 18.0 Å². The molecule has 35 heavy (non-hydrogen) atoms. The largest absolute Gasteiger partial charge is 0.497 e. The fraction of sp³-hybridized carbons (Fsp3) is 0.308. The zero-order valence-corrected chi connectivity index (χ0v) is 20.5. The standard InChI is InChI=1S/C26H27N5O3S/c1-33-20-7-5-18(6-8-20)23-22-24(28-16-29-26(22)34-30-23)31-13-11-19(12-14-31)25(32)27-15-17-3-9-21(35-2)10-4-17/h3-10,16,19H,11-15H2,1-2H3,(H,27,32). The number of carbonyl (C=O) groups excluding carboxylic acids is 1. The van der Waals surface area contributed by atoms with E-state index in [0.717, 1.165) is 54.0 Å². The van der Waals surface area contributed by atoms with Gasteiger partial charge >= 0.3 is 0 Å². The van der Waals surface area contributed by atoms with Crippen LogP contribution in [0.2, 0.25) is 0 Å². The van der Waals surface area contributed by atoms with Crippen molar-refractivity contribution in [2.24, 2.45) is 5.92 Å². The highest BCUT2D eigenvalue weighted by Crippen LogP contribution is 2.35. The van der Waals surface area contributed by atoms with Crippen LogP contribution >= 0.6 is 11.8 Å². The molecule has 1 aliphatic heterocycles. The van der Waals surface area contributed by atoms with Crippen molar-refractivity contribution < 1.29 is 14.1 Å². The highest BCUT2D eigenvalue weighted by molar-refractivity contribution is 7.98. The minimum Gasteiger partial charge on any atom is -0.497 e. The summed E-state index contributed by atoms with van der Waals surface area (Å²) in [6, 6.07) is 16.0. The average Bonchev–Trinajstić information content (AvgIpc) is 3.36. The second kappa shape index (κ2) is 10.4. The van der Waals surface area contributed by atoms with Crippen LogP contribution < -0.4 is 15.0 Å². The third-order valence-corrected chi connectivity index (χ3v) is 7.15. The van der Waals surface area contributed by atoms with Crippen molar-refractivity contribution in [1.29, 1.82) is 0 Å². The Morgan fingerprint density at radius 1 is 1.11 bits per heavy atom. The molecule has 3 heterocycles. The second-order valence-electron chi connectivity index (χ2n) is 8.46. The smallest absolute Gasteiger partial charge is 0.263 e. The van der Waals surface area contributed by atoms with E-state index in [9.17, 15) is 4.79 Å². The quantitative estimate of drug-likeness (QED) is 0.378. The first-order valence-electron chi connectivity index (χ1n) is 11.6. The molecule has 2 aromatic heterocycles. The summed E-state index contributed by atoms with van der Waals surface area (Å²) < 4.78 is 10.8. The molecule has 5 rings (SSSR count). The van der Waals surface area contributed by atoms with Gasteiger partial charge in [-0.25, -0.2) is 4.98 Å². The summed E-state index contributed by atoms with van der Waals surface area (Å²) in [4.78, 5) is 25.1. The summed E-state index contributed by atoms with van der Waals surface area (Å²) in [5.41, 5.74) is 3.16. The molecule has 9 heteroatoms. The van der Waals surface area contributed by atoms with Gasteiger partial charge in [-0.3, -0.25) is 4.79 Å². The van der Waals surface area contributed by atoms with Crippen LogP contribution in [0.5, 0.6) is 5.75 Å². The molecule has 0 saturated carbocycles. The monoisotopic (exact) mass is 489 g/mol. The molecule has 8 nitrogen and oxygen atoms in total. The Hall–Kier alpha value is -3.59. The first-order valence-corrected chi connectivity index (χ1v) is 12.8. The molecule has 0 spiro atoms. The van der Waals surface area contributed by atoms with Crippen LogP contribution in [-0.2, 0) is 11.3 Å². The van der Waals surface area contributed by atoms with Gasteiger partial charge in [-0.15, -0.1) is 11.8 Å². The Balaban J connectivity index is 1.26. The Morgan fingerprint density at radius 2 is 1.86 bits per heavy atom. The molecule has 1 aliphatic rings. The molecule has 4 aromatic rings. The highest BCUT2D eigenvalue weighted by Gasteiger charge is 2.28. The third-order valence-electron chi connectivity index (χ3n) is 6.41. The van der Waals surface area contributed by atoms with Crippen LogP contribution in [-0.4, -0.2) is 47.5 Å². The summed E-state index contributed by atoms with van der Waals surface area (Å²) in [6.45, 7) is 1.99. The molecule has 0 radical (unpaired) electrons. The zero-order chi connectivity index (χ0) is 24.2. The van der Waals surface area contributed by atoms with E-state index in [-0.39, 0.29) is 11.8 Å². The summed E-state index contributed by atoms with van der Waals surface area (Å²) in [7, 11) is 1.64. The molecule has 1 saturated heterocycles. The van der Waals surface area contributed by atoms with Crippen molar-refractivity contribution in [2.45, 2.75) is 24.3 Å². The van der Waals surface area contributed by atoms with Crippen LogP contribution in [0.1, 0.15) is 18.4 Å². The average molecular weight is 490 g/mol. The fourth-order valence-electron chi connectivity index (χ4n) is 4.39. The predicted octanol–water partition coefficient (Wildman–Crippen LogP) is 4.55. The number of benzene rings is 2. The Kier molecular flexibility index (Phi) is 6.85. The number of anilines is 1. The van der Waals surface area contributed by atoms with Gasteiger partial charge in [0.25, 0.3) is 5.71 Å². The van der Waals surface area contributed by atoms with Gasteiger partial charge < -0.3 is 19.5 Å². The normalized spacial score (nSPS) is 14.3. The number of nitrogens with one attached hydrogen (secondary N) is 1. The number of thioether (sulfide) groups is 1. The first-order chi connectivity index (χ1) is 17.2. The SMILES string of the molecule is COc1ccc(-c2noc3ncnc(N4CCC(C(=O)NCc5ccc(SC)cc5)CC4)c23)cc1. The van der Waals surface area contributed by atoms with Crippen LogP contribution in [0.4, 0.5) is 5.82 Å². The maximum Gasteiger partial charge on any atom is 0.263 e.